The molecule has 0 atom stereocenters. The van der Waals surface area contributed by atoms with Crippen LogP contribution in [0.4, 0.5) is 0 Å². The molecular formula is C13H14N4O2S. The standard InChI is InChI=1S/C13H14N4O2S/c1-2-4-20-5-3-17-12(18)9-6-14-11-8(7-15-16-11)10(9)13(17)19/h6-7H,2-5H2,1H3,(H,14,15,16). The molecule has 0 radical (unpaired) electrons. The van der Waals surface area contributed by atoms with Gasteiger partial charge in [-0.1, -0.05) is 6.92 Å². The van der Waals surface area contributed by atoms with Gasteiger partial charge < -0.3 is 0 Å². The highest BCUT2D eigenvalue weighted by molar-refractivity contribution is 7.99. The first-order valence-electron chi connectivity index (χ1n) is 6.50. The molecule has 2 amide bonds. The van der Waals surface area contributed by atoms with E-state index in [9.17, 15) is 9.59 Å². The fourth-order valence-electron chi connectivity index (χ4n) is 2.27. The molecule has 1 N–H and O–H groups in total. The summed E-state index contributed by atoms with van der Waals surface area (Å²) in [5.41, 5.74) is 1.34. The van der Waals surface area contributed by atoms with Crippen molar-refractivity contribution in [2.75, 3.05) is 18.1 Å². The highest BCUT2D eigenvalue weighted by Gasteiger charge is 2.37. The number of nitrogens with one attached hydrogen (secondary N) is 1. The van der Waals surface area contributed by atoms with Crippen LogP contribution >= 0.6 is 11.8 Å². The first kappa shape index (κ1) is 13.1. The molecular weight excluding hydrogens is 276 g/mol. The zero-order valence-electron chi connectivity index (χ0n) is 11.0. The lowest BCUT2D eigenvalue weighted by Crippen LogP contribution is -2.31. The molecule has 3 rings (SSSR count). The number of rotatable bonds is 5. The Bertz CT molecular complexity index is 682. The van der Waals surface area contributed by atoms with Crippen LogP contribution in [-0.2, 0) is 0 Å². The molecule has 6 nitrogen and oxygen atoms in total. The fourth-order valence-corrected chi connectivity index (χ4v) is 3.07. The first-order valence-corrected chi connectivity index (χ1v) is 7.65. The molecule has 0 aliphatic carbocycles. The zero-order valence-corrected chi connectivity index (χ0v) is 11.9. The van der Waals surface area contributed by atoms with Gasteiger partial charge in [0.15, 0.2) is 5.65 Å². The summed E-state index contributed by atoms with van der Waals surface area (Å²) in [5, 5.41) is 7.20. The largest absolute Gasteiger partial charge is 0.273 e. The summed E-state index contributed by atoms with van der Waals surface area (Å²) in [4.78, 5) is 30.1. The van der Waals surface area contributed by atoms with Crippen molar-refractivity contribution in [2.45, 2.75) is 13.3 Å². The van der Waals surface area contributed by atoms with Crippen molar-refractivity contribution >= 4 is 34.6 Å². The molecule has 0 aromatic carbocycles. The van der Waals surface area contributed by atoms with Crippen LogP contribution in [0.1, 0.15) is 34.1 Å². The van der Waals surface area contributed by atoms with E-state index in [4.69, 9.17) is 0 Å². The maximum atomic E-state index is 12.4. The summed E-state index contributed by atoms with van der Waals surface area (Å²) in [6.07, 6.45) is 4.09. The van der Waals surface area contributed by atoms with Crippen LogP contribution in [0, 0.1) is 0 Å². The minimum atomic E-state index is -0.252. The summed E-state index contributed by atoms with van der Waals surface area (Å²) >= 11 is 1.75. The molecule has 0 saturated heterocycles. The van der Waals surface area contributed by atoms with Crippen LogP contribution in [0.2, 0.25) is 0 Å². The maximum Gasteiger partial charge on any atom is 0.263 e. The third-order valence-electron chi connectivity index (χ3n) is 3.22. The van der Waals surface area contributed by atoms with E-state index in [1.807, 2.05) is 0 Å². The van der Waals surface area contributed by atoms with Gasteiger partial charge in [0.25, 0.3) is 11.8 Å². The van der Waals surface area contributed by atoms with Gasteiger partial charge in [-0.05, 0) is 12.2 Å². The van der Waals surface area contributed by atoms with Gasteiger partial charge in [-0.3, -0.25) is 19.6 Å². The number of carbonyl (C=O) groups excluding carboxylic acids is 2. The van der Waals surface area contributed by atoms with Crippen molar-refractivity contribution in [3.05, 3.63) is 23.5 Å². The van der Waals surface area contributed by atoms with Crippen molar-refractivity contribution in [1.82, 2.24) is 20.1 Å². The second-order valence-corrected chi connectivity index (χ2v) is 5.78. The van der Waals surface area contributed by atoms with Gasteiger partial charge >= 0.3 is 0 Å². The van der Waals surface area contributed by atoms with Crippen LogP contribution in [0.5, 0.6) is 0 Å². The summed E-state index contributed by atoms with van der Waals surface area (Å²) < 4.78 is 0. The summed E-state index contributed by atoms with van der Waals surface area (Å²) in [6, 6.07) is 0. The van der Waals surface area contributed by atoms with E-state index in [-0.39, 0.29) is 11.8 Å². The maximum absolute atomic E-state index is 12.4. The van der Waals surface area contributed by atoms with E-state index >= 15 is 0 Å². The van der Waals surface area contributed by atoms with Gasteiger partial charge in [-0.15, -0.1) is 0 Å². The number of hydrogen-bond acceptors (Lipinski definition) is 5. The summed E-state index contributed by atoms with van der Waals surface area (Å²) in [5.74, 6) is 1.31. The highest BCUT2D eigenvalue weighted by atomic mass is 32.2. The Kier molecular flexibility index (Phi) is 3.43. The number of hydrogen-bond donors (Lipinski definition) is 1. The van der Waals surface area contributed by atoms with Crippen molar-refractivity contribution in [3.8, 4) is 0 Å². The van der Waals surface area contributed by atoms with Gasteiger partial charge in [0.05, 0.1) is 22.7 Å². The Hall–Kier alpha value is -1.89. The number of carbonyl (C=O) groups is 2. The molecule has 3 heterocycles. The Morgan fingerprint density at radius 2 is 2.10 bits per heavy atom. The topological polar surface area (TPSA) is 79.0 Å². The number of aromatic amines is 1. The first-order chi connectivity index (χ1) is 9.74. The normalized spacial score (nSPS) is 14.3. The summed E-state index contributed by atoms with van der Waals surface area (Å²) in [6.45, 7) is 2.55. The number of aromatic nitrogens is 3. The molecule has 2 aromatic rings. The van der Waals surface area contributed by atoms with E-state index in [2.05, 4.69) is 22.1 Å². The average molecular weight is 290 g/mol. The minimum absolute atomic E-state index is 0.240. The van der Waals surface area contributed by atoms with Crippen molar-refractivity contribution in [1.29, 1.82) is 0 Å². The molecule has 7 heteroatoms. The van der Waals surface area contributed by atoms with Crippen LogP contribution in [0.15, 0.2) is 12.4 Å². The van der Waals surface area contributed by atoms with Crippen LogP contribution < -0.4 is 0 Å². The van der Waals surface area contributed by atoms with E-state index in [1.165, 1.54) is 11.1 Å². The van der Waals surface area contributed by atoms with E-state index in [1.54, 1.807) is 18.0 Å². The lowest BCUT2D eigenvalue weighted by Gasteiger charge is -2.12. The second kappa shape index (κ2) is 5.24. The SMILES string of the molecule is CCCSCCN1C(=O)c2cnc3[nH]ncc3c2C1=O. The molecule has 0 fully saturated rings. The number of thioether (sulfide) groups is 1. The lowest BCUT2D eigenvalue weighted by molar-refractivity contribution is 0.0665. The molecule has 2 aromatic heterocycles. The Balaban J connectivity index is 1.87. The molecule has 1 aliphatic heterocycles. The molecule has 0 bridgehead atoms. The van der Waals surface area contributed by atoms with Gasteiger partial charge in [-0.25, -0.2) is 4.98 Å². The Labute approximate surface area is 119 Å². The monoisotopic (exact) mass is 290 g/mol. The third kappa shape index (κ3) is 1.98. The predicted molar refractivity (Wildman–Crippen MR) is 76.9 cm³/mol. The van der Waals surface area contributed by atoms with Crippen molar-refractivity contribution in [2.24, 2.45) is 0 Å². The molecule has 104 valence electrons. The van der Waals surface area contributed by atoms with Gasteiger partial charge in [0.1, 0.15) is 0 Å². The van der Waals surface area contributed by atoms with E-state index in [0.717, 1.165) is 17.9 Å². The number of pyridine rings is 1. The number of amides is 2. The number of H-pyrrole nitrogens is 1. The van der Waals surface area contributed by atoms with Gasteiger partial charge in [0.2, 0.25) is 0 Å². The van der Waals surface area contributed by atoms with Crippen LogP contribution in [0.3, 0.4) is 0 Å². The Morgan fingerprint density at radius 3 is 2.90 bits per heavy atom. The highest BCUT2D eigenvalue weighted by Crippen LogP contribution is 2.28. The zero-order chi connectivity index (χ0) is 14.1. The molecule has 0 unspecified atom stereocenters. The molecule has 1 aliphatic rings. The second-order valence-electron chi connectivity index (χ2n) is 4.55. The number of fused-ring (bicyclic) bond motifs is 3. The molecule has 0 saturated carbocycles. The van der Waals surface area contributed by atoms with E-state index < -0.39 is 0 Å². The molecule has 20 heavy (non-hydrogen) atoms. The number of imide groups is 1. The van der Waals surface area contributed by atoms with Gasteiger partial charge in [0, 0.05) is 18.5 Å². The third-order valence-corrected chi connectivity index (χ3v) is 4.39. The summed E-state index contributed by atoms with van der Waals surface area (Å²) in [7, 11) is 0. The van der Waals surface area contributed by atoms with Crippen LogP contribution in [-0.4, -0.2) is 49.9 Å². The minimum Gasteiger partial charge on any atom is -0.273 e. The predicted octanol–water partition coefficient (Wildman–Crippen LogP) is 1.70. The Morgan fingerprint density at radius 1 is 1.25 bits per heavy atom. The number of nitrogens with zero attached hydrogens (tertiary/aromatic N) is 3. The van der Waals surface area contributed by atoms with E-state index in [0.29, 0.717) is 28.7 Å². The van der Waals surface area contributed by atoms with Crippen molar-refractivity contribution in [3.63, 3.8) is 0 Å². The fraction of sp³-hybridized carbons (Fsp3) is 0.385. The lowest BCUT2D eigenvalue weighted by atomic mass is 10.1. The van der Waals surface area contributed by atoms with Crippen molar-refractivity contribution < 1.29 is 9.59 Å². The van der Waals surface area contributed by atoms with Crippen LogP contribution in [0.25, 0.3) is 11.0 Å². The average Bonchev–Trinajstić information content (AvgIpc) is 3.01. The van der Waals surface area contributed by atoms with Gasteiger partial charge in [-0.2, -0.15) is 16.9 Å². The quantitative estimate of drug-likeness (QED) is 0.669. The molecule has 0 spiro atoms. The smallest absolute Gasteiger partial charge is 0.263 e.